The monoisotopic (exact) mass is 605 g/mol. The Morgan fingerprint density at radius 1 is 0.526 bits per heavy atom. The zero-order valence-electron chi connectivity index (χ0n) is 22.6. The second kappa shape index (κ2) is 16.5. The maximum atomic E-state index is 10.2. The standard InChI is InChI=1S/C30H42N4O3.Tc/c1-22(25-10-4-7-13-28(25)35)31-16-19-34(20-17-32-23(2)26-11-5-8-14-29(26)36)21-18-33-24(3)27-12-6-9-15-30(27)37;/h4-15,22-24,31-33,35-37H,16-21H2,1-3H3;/i;1+1. The van der Waals surface area contributed by atoms with E-state index in [1.54, 1.807) is 18.2 Å². The third-order valence-corrected chi connectivity index (χ3v) is 6.85. The van der Waals surface area contributed by atoms with Gasteiger partial charge in [-0.05, 0) is 39.0 Å². The van der Waals surface area contributed by atoms with Gasteiger partial charge in [-0.3, -0.25) is 4.90 Å². The SMILES string of the molecule is CC(NCCN(CCNC(C)c1ccccc1O)CCNC(C)c1ccccc1O)c1ccccc1O.[99Tc]. The van der Waals surface area contributed by atoms with E-state index in [-0.39, 0.29) is 38.2 Å². The Labute approximate surface area is 240 Å². The van der Waals surface area contributed by atoms with Gasteiger partial charge >= 0.3 is 0 Å². The summed E-state index contributed by atoms with van der Waals surface area (Å²) >= 11 is 0. The van der Waals surface area contributed by atoms with E-state index in [9.17, 15) is 15.3 Å². The van der Waals surface area contributed by atoms with Crippen molar-refractivity contribution < 1.29 is 35.4 Å². The van der Waals surface area contributed by atoms with Crippen LogP contribution in [0.4, 0.5) is 0 Å². The summed E-state index contributed by atoms with van der Waals surface area (Å²) in [7, 11) is 0. The summed E-state index contributed by atoms with van der Waals surface area (Å²) in [5, 5.41) is 41.0. The molecule has 0 spiro atoms. The van der Waals surface area contributed by atoms with Crippen LogP contribution in [0.15, 0.2) is 72.8 Å². The normalized spacial score (nSPS) is 13.6. The molecular formula is C30H42N4O3Tc. The topological polar surface area (TPSA) is 100 Å². The Morgan fingerprint density at radius 2 is 0.789 bits per heavy atom. The summed E-state index contributed by atoms with van der Waals surface area (Å²) in [6.07, 6.45) is 0. The van der Waals surface area contributed by atoms with Crippen molar-refractivity contribution in [2.24, 2.45) is 0 Å². The van der Waals surface area contributed by atoms with Crippen molar-refractivity contribution in [2.45, 2.75) is 38.9 Å². The van der Waals surface area contributed by atoms with Gasteiger partial charge in [0.05, 0.1) is 0 Å². The molecule has 7 nitrogen and oxygen atoms in total. The summed E-state index contributed by atoms with van der Waals surface area (Å²) in [6.45, 7) is 11.0. The van der Waals surface area contributed by atoms with Gasteiger partial charge < -0.3 is 31.3 Å². The van der Waals surface area contributed by atoms with Gasteiger partial charge in [0, 0.05) is 94.2 Å². The predicted octanol–water partition coefficient (Wildman–Crippen LogP) is 4.46. The number of benzene rings is 3. The molecule has 0 heterocycles. The van der Waals surface area contributed by atoms with Crippen molar-refractivity contribution in [1.29, 1.82) is 0 Å². The number of rotatable bonds is 15. The van der Waals surface area contributed by atoms with Crippen LogP contribution in [0.3, 0.4) is 0 Å². The number of phenolic OH excluding ortho intramolecular Hbond substituents is 3. The Balaban J connectivity index is 0.00000507. The molecule has 8 heteroatoms. The molecule has 0 aliphatic rings. The fourth-order valence-corrected chi connectivity index (χ4v) is 4.54. The van der Waals surface area contributed by atoms with Crippen molar-refractivity contribution >= 4 is 0 Å². The van der Waals surface area contributed by atoms with Crippen LogP contribution in [0.1, 0.15) is 55.6 Å². The van der Waals surface area contributed by atoms with Crippen molar-refractivity contribution in [3.63, 3.8) is 0 Å². The van der Waals surface area contributed by atoms with E-state index in [1.807, 2.05) is 54.6 Å². The molecule has 0 fully saturated rings. The van der Waals surface area contributed by atoms with Crippen molar-refractivity contribution in [3.8, 4) is 17.2 Å². The molecule has 207 valence electrons. The third kappa shape index (κ3) is 9.70. The maximum absolute atomic E-state index is 10.2. The molecule has 0 saturated heterocycles. The van der Waals surface area contributed by atoms with Crippen molar-refractivity contribution in [3.05, 3.63) is 89.5 Å². The molecule has 3 atom stereocenters. The van der Waals surface area contributed by atoms with Gasteiger partial charge in [-0.2, -0.15) is 0 Å². The third-order valence-electron chi connectivity index (χ3n) is 6.85. The zero-order valence-corrected chi connectivity index (χ0v) is 24.4. The van der Waals surface area contributed by atoms with Gasteiger partial charge in [0.25, 0.3) is 0 Å². The molecule has 1 radical (unpaired) electrons. The molecule has 3 aromatic carbocycles. The van der Waals surface area contributed by atoms with Crippen molar-refractivity contribution in [1.82, 2.24) is 20.9 Å². The molecule has 0 aliphatic carbocycles. The number of aromatic hydroxyl groups is 3. The number of hydrogen-bond acceptors (Lipinski definition) is 7. The van der Waals surface area contributed by atoms with Gasteiger partial charge in [-0.1, -0.05) is 54.6 Å². The first kappa shape index (κ1) is 31.8. The molecule has 3 aromatic rings. The Bertz CT molecular complexity index is 964. The Hall–Kier alpha value is -2.45. The predicted molar refractivity (Wildman–Crippen MR) is 150 cm³/mol. The van der Waals surface area contributed by atoms with E-state index in [0.717, 1.165) is 56.0 Å². The van der Waals surface area contributed by atoms with E-state index in [1.165, 1.54) is 0 Å². The first-order valence-corrected chi connectivity index (χ1v) is 13.1. The van der Waals surface area contributed by atoms with Crippen LogP contribution >= 0.6 is 0 Å². The molecule has 0 aromatic heterocycles. The second-order valence-corrected chi connectivity index (χ2v) is 9.55. The van der Waals surface area contributed by atoms with Crippen LogP contribution in [0, 0.1) is 0 Å². The molecule has 0 amide bonds. The number of nitrogens with one attached hydrogen (secondary N) is 3. The van der Waals surface area contributed by atoms with E-state index in [4.69, 9.17) is 0 Å². The molecule has 38 heavy (non-hydrogen) atoms. The van der Waals surface area contributed by atoms with Gasteiger partial charge in [0.15, 0.2) is 0 Å². The van der Waals surface area contributed by atoms with Crippen LogP contribution in [-0.4, -0.2) is 59.5 Å². The second-order valence-electron chi connectivity index (χ2n) is 9.55. The first-order valence-electron chi connectivity index (χ1n) is 13.1. The van der Waals surface area contributed by atoms with Crippen LogP contribution < -0.4 is 16.0 Å². The number of phenols is 3. The zero-order chi connectivity index (χ0) is 26.6. The number of hydrogen-bond donors (Lipinski definition) is 6. The minimum Gasteiger partial charge on any atom is -0.508 e. The van der Waals surface area contributed by atoms with E-state index in [0.29, 0.717) is 17.2 Å². The van der Waals surface area contributed by atoms with E-state index < -0.39 is 0 Å². The number of nitrogens with zero attached hydrogens (tertiary/aromatic N) is 1. The average molecular weight is 606 g/mol. The fourth-order valence-electron chi connectivity index (χ4n) is 4.54. The summed E-state index contributed by atoms with van der Waals surface area (Å²) in [6, 6.07) is 22.4. The Kier molecular flexibility index (Phi) is 13.8. The van der Waals surface area contributed by atoms with E-state index in [2.05, 4.69) is 41.6 Å². The molecule has 0 saturated carbocycles. The van der Waals surface area contributed by atoms with Gasteiger partial charge in [-0.25, -0.2) is 0 Å². The quantitative estimate of drug-likeness (QED) is 0.152. The number of para-hydroxylation sites is 3. The summed E-state index contributed by atoms with van der Waals surface area (Å²) < 4.78 is 0. The van der Waals surface area contributed by atoms with Crippen LogP contribution in [0.2, 0.25) is 0 Å². The van der Waals surface area contributed by atoms with E-state index >= 15 is 0 Å². The maximum Gasteiger partial charge on any atom is 0.120 e. The van der Waals surface area contributed by atoms with Gasteiger partial charge in [0.1, 0.15) is 17.2 Å². The molecule has 0 bridgehead atoms. The minimum atomic E-state index is 0. The molecule has 6 N–H and O–H groups in total. The van der Waals surface area contributed by atoms with Gasteiger partial charge in [0.2, 0.25) is 0 Å². The molecule has 3 rings (SSSR count). The molecule has 0 aliphatic heterocycles. The summed E-state index contributed by atoms with van der Waals surface area (Å²) in [5.41, 5.74) is 2.68. The van der Waals surface area contributed by atoms with Gasteiger partial charge in [-0.15, -0.1) is 0 Å². The van der Waals surface area contributed by atoms with Crippen LogP contribution in [0.5, 0.6) is 17.2 Å². The molecular weight excluding hydrogens is 563 g/mol. The summed E-state index contributed by atoms with van der Waals surface area (Å²) in [5.74, 6) is 0.928. The largest absolute Gasteiger partial charge is 0.508 e. The molecule has 3 unspecified atom stereocenters. The fraction of sp³-hybridized carbons (Fsp3) is 0.400. The average Bonchev–Trinajstić information content (AvgIpc) is 2.89. The first-order chi connectivity index (χ1) is 17.9. The Morgan fingerprint density at radius 3 is 1.05 bits per heavy atom. The smallest absolute Gasteiger partial charge is 0.120 e. The van der Waals surface area contributed by atoms with Crippen molar-refractivity contribution in [2.75, 3.05) is 39.3 Å². The summed E-state index contributed by atoms with van der Waals surface area (Å²) in [4.78, 5) is 2.39. The van der Waals surface area contributed by atoms with Crippen LogP contribution in [0.25, 0.3) is 0 Å². The van der Waals surface area contributed by atoms with Crippen LogP contribution in [-0.2, 0) is 20.1 Å². The minimum absolute atomic E-state index is 0.